The molecule has 1 atom stereocenters. The van der Waals surface area contributed by atoms with Crippen LogP contribution < -0.4 is 4.72 Å². The molecule has 0 saturated carbocycles. The standard InChI is InChI=1S/C9H19BrN2O3S/c1-9(10)3-2-4-11-16(13,14)12-5-7-15-8-6-12/h9,11H,2-8H2,1H3. The average molecular weight is 315 g/mol. The fourth-order valence-electron chi connectivity index (χ4n) is 1.46. The van der Waals surface area contributed by atoms with Gasteiger partial charge in [-0.3, -0.25) is 0 Å². The largest absolute Gasteiger partial charge is 0.379 e. The topological polar surface area (TPSA) is 58.6 Å². The molecule has 0 spiro atoms. The maximum absolute atomic E-state index is 11.8. The first kappa shape index (κ1) is 14.4. The molecule has 1 N–H and O–H groups in total. The van der Waals surface area contributed by atoms with E-state index >= 15 is 0 Å². The number of nitrogens with one attached hydrogen (secondary N) is 1. The molecule has 1 heterocycles. The molecule has 0 bridgehead atoms. The number of nitrogens with zero attached hydrogens (tertiary/aromatic N) is 1. The molecule has 0 aromatic carbocycles. The number of hydrogen-bond acceptors (Lipinski definition) is 3. The number of halogens is 1. The quantitative estimate of drug-likeness (QED) is 0.580. The zero-order valence-corrected chi connectivity index (χ0v) is 11.9. The normalized spacial score (nSPS) is 20.9. The van der Waals surface area contributed by atoms with Gasteiger partial charge in [0.15, 0.2) is 0 Å². The van der Waals surface area contributed by atoms with Crippen molar-refractivity contribution >= 4 is 26.1 Å². The first-order valence-electron chi connectivity index (χ1n) is 5.49. The molecule has 1 aliphatic heterocycles. The van der Waals surface area contributed by atoms with Gasteiger partial charge in [-0.25, -0.2) is 4.72 Å². The molecule has 1 saturated heterocycles. The molecule has 16 heavy (non-hydrogen) atoms. The number of morpholine rings is 1. The van der Waals surface area contributed by atoms with E-state index in [1.54, 1.807) is 0 Å². The number of hydrogen-bond donors (Lipinski definition) is 1. The summed E-state index contributed by atoms with van der Waals surface area (Å²) in [6.45, 7) is 4.42. The van der Waals surface area contributed by atoms with E-state index in [-0.39, 0.29) is 0 Å². The first-order valence-corrected chi connectivity index (χ1v) is 7.84. The summed E-state index contributed by atoms with van der Waals surface area (Å²) in [7, 11) is -3.29. The second-order valence-corrected chi connectivity index (χ2v) is 7.15. The highest BCUT2D eigenvalue weighted by Crippen LogP contribution is 2.06. The maximum atomic E-state index is 11.8. The Kier molecular flexibility index (Phi) is 6.20. The summed E-state index contributed by atoms with van der Waals surface area (Å²) >= 11 is 3.43. The van der Waals surface area contributed by atoms with Gasteiger partial charge < -0.3 is 4.74 Å². The van der Waals surface area contributed by atoms with Crippen LogP contribution in [0.4, 0.5) is 0 Å². The third-order valence-electron chi connectivity index (χ3n) is 2.37. The predicted molar refractivity (Wildman–Crippen MR) is 66.9 cm³/mol. The Labute approximate surface area is 106 Å². The van der Waals surface area contributed by atoms with Gasteiger partial charge in [0.05, 0.1) is 13.2 Å². The molecule has 0 aliphatic carbocycles. The van der Waals surface area contributed by atoms with Crippen LogP contribution in [0.15, 0.2) is 0 Å². The van der Waals surface area contributed by atoms with Gasteiger partial charge in [0.2, 0.25) is 0 Å². The molecule has 0 amide bonds. The van der Waals surface area contributed by atoms with Crippen molar-refractivity contribution in [2.24, 2.45) is 0 Å². The van der Waals surface area contributed by atoms with E-state index in [0.29, 0.717) is 37.7 Å². The van der Waals surface area contributed by atoms with E-state index in [4.69, 9.17) is 4.74 Å². The fraction of sp³-hybridized carbons (Fsp3) is 1.00. The number of ether oxygens (including phenoxy) is 1. The second-order valence-electron chi connectivity index (χ2n) is 3.83. The fourth-order valence-corrected chi connectivity index (χ4v) is 3.00. The Hall–Kier alpha value is 0.310. The van der Waals surface area contributed by atoms with Crippen LogP contribution >= 0.6 is 15.9 Å². The highest BCUT2D eigenvalue weighted by molar-refractivity contribution is 9.09. The van der Waals surface area contributed by atoms with Crippen molar-refractivity contribution in [3.8, 4) is 0 Å². The molecule has 0 radical (unpaired) electrons. The third-order valence-corrected chi connectivity index (χ3v) is 4.44. The number of alkyl halides is 1. The van der Waals surface area contributed by atoms with Gasteiger partial charge in [-0.15, -0.1) is 0 Å². The molecular formula is C9H19BrN2O3S. The predicted octanol–water partition coefficient (Wildman–Crippen LogP) is 0.717. The van der Waals surface area contributed by atoms with Crippen molar-refractivity contribution in [3.63, 3.8) is 0 Å². The van der Waals surface area contributed by atoms with Gasteiger partial charge in [0.25, 0.3) is 10.2 Å². The van der Waals surface area contributed by atoms with Crippen LogP contribution in [0.1, 0.15) is 19.8 Å². The van der Waals surface area contributed by atoms with E-state index in [9.17, 15) is 8.42 Å². The minimum atomic E-state index is -3.29. The van der Waals surface area contributed by atoms with E-state index in [0.717, 1.165) is 12.8 Å². The zero-order chi connectivity index (χ0) is 12.0. The van der Waals surface area contributed by atoms with Crippen LogP contribution in [-0.4, -0.2) is 50.4 Å². The number of rotatable bonds is 6. The lowest BCUT2D eigenvalue weighted by atomic mass is 10.2. The summed E-state index contributed by atoms with van der Waals surface area (Å²) in [6, 6.07) is 0. The third kappa shape index (κ3) is 5.09. The van der Waals surface area contributed by atoms with Crippen LogP contribution in [0.5, 0.6) is 0 Å². The maximum Gasteiger partial charge on any atom is 0.279 e. The lowest BCUT2D eigenvalue weighted by molar-refractivity contribution is 0.0725. The monoisotopic (exact) mass is 314 g/mol. The van der Waals surface area contributed by atoms with Crippen LogP contribution in [0.25, 0.3) is 0 Å². The summed E-state index contributed by atoms with van der Waals surface area (Å²) < 4.78 is 32.7. The van der Waals surface area contributed by atoms with Crippen LogP contribution in [0, 0.1) is 0 Å². The molecule has 7 heteroatoms. The van der Waals surface area contributed by atoms with E-state index in [1.807, 2.05) is 0 Å². The minimum Gasteiger partial charge on any atom is -0.379 e. The summed E-state index contributed by atoms with van der Waals surface area (Å²) in [6.07, 6.45) is 1.81. The summed E-state index contributed by atoms with van der Waals surface area (Å²) in [4.78, 5) is 0.431. The lowest BCUT2D eigenvalue weighted by Crippen LogP contribution is -2.46. The lowest BCUT2D eigenvalue weighted by Gasteiger charge is -2.26. The Bertz CT molecular complexity index is 289. The SMILES string of the molecule is CC(Br)CCCNS(=O)(=O)N1CCOCC1. The van der Waals surface area contributed by atoms with Gasteiger partial charge >= 0.3 is 0 Å². The van der Waals surface area contributed by atoms with Crippen LogP contribution in [0.3, 0.4) is 0 Å². The second kappa shape index (κ2) is 6.90. The summed E-state index contributed by atoms with van der Waals surface area (Å²) in [5, 5.41) is 0. The molecular weight excluding hydrogens is 296 g/mol. The molecule has 1 unspecified atom stereocenters. The van der Waals surface area contributed by atoms with Gasteiger partial charge in [0.1, 0.15) is 0 Å². The van der Waals surface area contributed by atoms with Crippen molar-refractivity contribution in [1.29, 1.82) is 0 Å². The Morgan fingerprint density at radius 1 is 1.44 bits per heavy atom. The Balaban J connectivity index is 2.27. The Morgan fingerprint density at radius 2 is 2.06 bits per heavy atom. The van der Waals surface area contributed by atoms with Crippen molar-refractivity contribution < 1.29 is 13.2 Å². The Morgan fingerprint density at radius 3 is 2.62 bits per heavy atom. The highest BCUT2D eigenvalue weighted by Gasteiger charge is 2.23. The molecule has 5 nitrogen and oxygen atoms in total. The highest BCUT2D eigenvalue weighted by atomic mass is 79.9. The molecule has 1 rings (SSSR count). The summed E-state index contributed by atoms with van der Waals surface area (Å²) in [5.74, 6) is 0. The van der Waals surface area contributed by atoms with E-state index < -0.39 is 10.2 Å². The van der Waals surface area contributed by atoms with E-state index in [1.165, 1.54) is 4.31 Å². The van der Waals surface area contributed by atoms with Gasteiger partial charge in [-0.1, -0.05) is 22.9 Å². The van der Waals surface area contributed by atoms with Crippen molar-refractivity contribution in [3.05, 3.63) is 0 Å². The smallest absolute Gasteiger partial charge is 0.279 e. The average Bonchev–Trinajstić information content (AvgIpc) is 2.26. The van der Waals surface area contributed by atoms with Crippen LogP contribution in [-0.2, 0) is 14.9 Å². The molecule has 96 valence electrons. The van der Waals surface area contributed by atoms with Crippen molar-refractivity contribution in [1.82, 2.24) is 9.03 Å². The molecule has 0 aromatic rings. The molecule has 1 fully saturated rings. The first-order chi connectivity index (χ1) is 7.52. The molecule has 1 aliphatic rings. The van der Waals surface area contributed by atoms with Crippen LogP contribution in [0.2, 0.25) is 0 Å². The zero-order valence-electron chi connectivity index (χ0n) is 9.49. The van der Waals surface area contributed by atoms with E-state index in [2.05, 4.69) is 27.6 Å². The van der Waals surface area contributed by atoms with Crippen molar-refractivity contribution in [2.75, 3.05) is 32.8 Å². The van der Waals surface area contributed by atoms with Crippen molar-refractivity contribution in [2.45, 2.75) is 24.6 Å². The van der Waals surface area contributed by atoms with Gasteiger partial charge in [-0.05, 0) is 12.8 Å². The minimum absolute atomic E-state index is 0.431. The van der Waals surface area contributed by atoms with Gasteiger partial charge in [-0.2, -0.15) is 12.7 Å². The summed E-state index contributed by atoms with van der Waals surface area (Å²) in [5.41, 5.74) is 0. The van der Waals surface area contributed by atoms with Gasteiger partial charge in [0, 0.05) is 24.5 Å². The molecule has 0 aromatic heterocycles.